The van der Waals surface area contributed by atoms with Gasteiger partial charge in [-0.2, -0.15) is 5.26 Å². The van der Waals surface area contributed by atoms with Crippen LogP contribution < -0.4 is 10.6 Å². The van der Waals surface area contributed by atoms with Gasteiger partial charge in [0.25, 0.3) is 5.69 Å². The predicted molar refractivity (Wildman–Crippen MR) is 93.3 cm³/mol. The van der Waals surface area contributed by atoms with Crippen LogP contribution in [-0.4, -0.2) is 16.7 Å². The number of nitro groups is 1. The number of rotatable bonds is 4. The Bertz CT molecular complexity index is 880. The first-order valence-corrected chi connectivity index (χ1v) is 7.82. The van der Waals surface area contributed by atoms with Crippen molar-refractivity contribution < 1.29 is 14.5 Å². The summed E-state index contributed by atoms with van der Waals surface area (Å²) in [5.41, 5.74) is 0.0481. The Kier molecular flexibility index (Phi) is 5.94. The molecule has 0 saturated heterocycles. The molecule has 25 heavy (non-hydrogen) atoms. The average molecular weight is 377 g/mol. The van der Waals surface area contributed by atoms with E-state index in [1.165, 1.54) is 24.3 Å². The molecule has 0 spiro atoms. The number of nitrogens with one attached hydrogen (secondary N) is 2. The third-order valence-corrected chi connectivity index (χ3v) is 3.80. The summed E-state index contributed by atoms with van der Waals surface area (Å²) in [5, 5.41) is 25.8. The monoisotopic (exact) mass is 376 g/mol. The molecule has 126 valence electrons. The lowest BCUT2D eigenvalue weighted by Gasteiger charge is -2.07. The molecule has 2 rings (SSSR count). The lowest BCUT2D eigenvalue weighted by atomic mass is 10.2. The maximum atomic E-state index is 11.9. The van der Waals surface area contributed by atoms with Crippen LogP contribution in [-0.2, 0) is 9.59 Å². The van der Waals surface area contributed by atoms with Crippen molar-refractivity contribution in [1.82, 2.24) is 0 Å². The first-order valence-electron chi connectivity index (χ1n) is 6.63. The van der Waals surface area contributed by atoms with Crippen molar-refractivity contribution in [1.29, 1.82) is 5.26 Å². The number of hydrogen-bond acceptors (Lipinski definition) is 6. The third-order valence-electron chi connectivity index (χ3n) is 2.88. The molecule has 0 saturated carbocycles. The smallest absolute Gasteiger partial charge is 0.314 e. The Labute approximate surface area is 150 Å². The van der Waals surface area contributed by atoms with Crippen molar-refractivity contribution in [3.8, 4) is 5.40 Å². The number of carbonyl (C=O) groups is 2. The molecular weight excluding hydrogens is 368 g/mol. The van der Waals surface area contributed by atoms with E-state index in [-0.39, 0.29) is 16.4 Å². The third kappa shape index (κ3) is 4.94. The molecule has 0 aliphatic heterocycles. The minimum absolute atomic E-state index is 0.0667. The first kappa shape index (κ1) is 18.3. The Hall–Kier alpha value is -3.09. The standard InChI is InChI=1S/C15H9ClN4O4S/c16-12-6-3-10(7-13(12)20(23)24)19-15(22)14(21)18-9-1-4-11(5-2-9)25-8-17/h1-7H,(H,18,21)(H,19,22). The Morgan fingerprint density at radius 3 is 2.20 bits per heavy atom. The van der Waals surface area contributed by atoms with Crippen molar-refractivity contribution in [2.75, 3.05) is 10.6 Å². The van der Waals surface area contributed by atoms with Crippen molar-refractivity contribution >= 4 is 52.2 Å². The van der Waals surface area contributed by atoms with Crippen molar-refractivity contribution in [3.63, 3.8) is 0 Å². The zero-order valence-corrected chi connectivity index (χ0v) is 13.9. The zero-order valence-electron chi connectivity index (χ0n) is 12.4. The second kappa shape index (κ2) is 8.14. The van der Waals surface area contributed by atoms with Crippen LogP contribution in [0.25, 0.3) is 0 Å². The molecule has 10 heteroatoms. The number of nitro benzene ring substituents is 1. The minimum atomic E-state index is -0.993. The maximum absolute atomic E-state index is 11.9. The highest BCUT2D eigenvalue weighted by molar-refractivity contribution is 8.03. The molecule has 0 unspecified atom stereocenters. The predicted octanol–water partition coefficient (Wildman–Crippen LogP) is 3.40. The van der Waals surface area contributed by atoms with Gasteiger partial charge in [-0.05, 0) is 48.2 Å². The van der Waals surface area contributed by atoms with Gasteiger partial charge in [0.1, 0.15) is 10.4 Å². The Balaban J connectivity index is 2.03. The van der Waals surface area contributed by atoms with Crippen LogP contribution in [0.2, 0.25) is 5.02 Å². The topological polar surface area (TPSA) is 125 Å². The van der Waals surface area contributed by atoms with Gasteiger partial charge < -0.3 is 10.6 Å². The van der Waals surface area contributed by atoms with Crippen LogP contribution in [0, 0.1) is 20.8 Å². The summed E-state index contributed by atoms with van der Waals surface area (Å²) in [6, 6.07) is 9.96. The fourth-order valence-electron chi connectivity index (χ4n) is 1.77. The van der Waals surface area contributed by atoms with Crippen molar-refractivity contribution in [2.24, 2.45) is 0 Å². The van der Waals surface area contributed by atoms with Crippen LogP contribution in [0.4, 0.5) is 17.1 Å². The van der Waals surface area contributed by atoms with E-state index in [4.69, 9.17) is 16.9 Å². The molecule has 2 N–H and O–H groups in total. The van der Waals surface area contributed by atoms with Crippen LogP contribution in [0.5, 0.6) is 0 Å². The summed E-state index contributed by atoms with van der Waals surface area (Å²) in [6.45, 7) is 0. The molecule has 2 amide bonds. The second-order valence-electron chi connectivity index (χ2n) is 4.55. The van der Waals surface area contributed by atoms with Gasteiger partial charge in [0.05, 0.1) is 4.92 Å². The molecule has 0 radical (unpaired) electrons. The van der Waals surface area contributed by atoms with E-state index in [1.807, 2.05) is 5.40 Å². The average Bonchev–Trinajstić information content (AvgIpc) is 2.58. The summed E-state index contributed by atoms with van der Waals surface area (Å²) >= 11 is 6.64. The van der Waals surface area contributed by atoms with Gasteiger partial charge in [-0.1, -0.05) is 11.6 Å². The van der Waals surface area contributed by atoms with Gasteiger partial charge in [0, 0.05) is 22.3 Å². The number of carbonyl (C=O) groups excluding carboxylic acids is 2. The molecule has 0 atom stereocenters. The zero-order chi connectivity index (χ0) is 18.4. The second-order valence-corrected chi connectivity index (χ2v) is 5.81. The number of anilines is 2. The van der Waals surface area contributed by atoms with E-state index in [1.54, 1.807) is 12.1 Å². The molecule has 2 aromatic rings. The molecule has 0 fully saturated rings. The van der Waals surface area contributed by atoms with E-state index < -0.39 is 16.7 Å². The summed E-state index contributed by atoms with van der Waals surface area (Å²) in [7, 11) is 0. The van der Waals surface area contributed by atoms with E-state index >= 15 is 0 Å². The van der Waals surface area contributed by atoms with E-state index in [0.29, 0.717) is 10.6 Å². The van der Waals surface area contributed by atoms with Crippen LogP contribution in [0.1, 0.15) is 0 Å². The normalized spacial score (nSPS) is 9.76. The maximum Gasteiger partial charge on any atom is 0.314 e. The highest BCUT2D eigenvalue weighted by atomic mass is 35.5. The summed E-state index contributed by atoms with van der Waals surface area (Å²) in [6.07, 6.45) is 0. The molecule has 0 heterocycles. The summed E-state index contributed by atoms with van der Waals surface area (Å²) in [5.74, 6) is -1.94. The molecule has 0 aliphatic carbocycles. The van der Waals surface area contributed by atoms with Crippen molar-refractivity contribution in [2.45, 2.75) is 4.90 Å². The van der Waals surface area contributed by atoms with Gasteiger partial charge in [-0.3, -0.25) is 19.7 Å². The highest BCUT2D eigenvalue weighted by Gasteiger charge is 2.17. The quantitative estimate of drug-likeness (QED) is 0.277. The number of benzene rings is 2. The van der Waals surface area contributed by atoms with Gasteiger partial charge >= 0.3 is 11.8 Å². The SMILES string of the molecule is N#CSc1ccc(NC(=O)C(=O)Nc2ccc(Cl)c([N+](=O)[O-])c2)cc1. The van der Waals surface area contributed by atoms with Crippen LogP contribution in [0.3, 0.4) is 0 Å². The lowest BCUT2D eigenvalue weighted by Crippen LogP contribution is -2.29. The summed E-state index contributed by atoms with van der Waals surface area (Å²) in [4.78, 5) is 34.6. The van der Waals surface area contributed by atoms with Crippen molar-refractivity contribution in [3.05, 3.63) is 57.6 Å². The first-order chi connectivity index (χ1) is 11.9. The number of amides is 2. The highest BCUT2D eigenvalue weighted by Crippen LogP contribution is 2.27. The fraction of sp³-hybridized carbons (Fsp3) is 0. The van der Waals surface area contributed by atoms with E-state index in [9.17, 15) is 19.7 Å². The van der Waals surface area contributed by atoms with E-state index in [2.05, 4.69) is 10.6 Å². The molecule has 2 aromatic carbocycles. The van der Waals surface area contributed by atoms with Crippen LogP contribution in [0.15, 0.2) is 47.4 Å². The Morgan fingerprint density at radius 2 is 1.64 bits per heavy atom. The molecular formula is C15H9ClN4O4S. The number of nitriles is 1. The van der Waals surface area contributed by atoms with Crippen LogP contribution >= 0.6 is 23.4 Å². The molecule has 0 aliphatic rings. The number of halogens is 1. The molecule has 8 nitrogen and oxygen atoms in total. The molecule has 0 aromatic heterocycles. The number of thioether (sulfide) groups is 1. The number of nitrogens with zero attached hydrogens (tertiary/aromatic N) is 2. The van der Waals surface area contributed by atoms with Gasteiger partial charge in [-0.25, -0.2) is 0 Å². The van der Waals surface area contributed by atoms with Gasteiger partial charge in [0.2, 0.25) is 0 Å². The van der Waals surface area contributed by atoms with Gasteiger partial charge in [0.15, 0.2) is 0 Å². The number of hydrogen-bond donors (Lipinski definition) is 2. The molecule has 0 bridgehead atoms. The van der Waals surface area contributed by atoms with Gasteiger partial charge in [-0.15, -0.1) is 0 Å². The Morgan fingerprint density at radius 1 is 1.08 bits per heavy atom. The lowest BCUT2D eigenvalue weighted by molar-refractivity contribution is -0.384. The van der Waals surface area contributed by atoms with E-state index in [0.717, 1.165) is 17.8 Å². The minimum Gasteiger partial charge on any atom is -0.318 e. The largest absolute Gasteiger partial charge is 0.318 e. The summed E-state index contributed by atoms with van der Waals surface area (Å²) < 4.78 is 0. The number of thiocyanates is 1. The fourth-order valence-corrected chi connectivity index (χ4v) is 2.33.